The number of ether oxygens (including phenoxy) is 1. The largest absolute Gasteiger partial charge is 0.377 e. The van der Waals surface area contributed by atoms with Crippen molar-refractivity contribution in [2.45, 2.75) is 13.0 Å². The van der Waals surface area contributed by atoms with Crippen LogP contribution in [0, 0.1) is 29.1 Å². The van der Waals surface area contributed by atoms with Crippen molar-refractivity contribution in [1.82, 2.24) is 4.90 Å². The third-order valence-electron chi connectivity index (χ3n) is 3.39. The number of nitrogens with zero attached hydrogens (tertiary/aromatic N) is 1. The zero-order valence-electron chi connectivity index (χ0n) is 11.4. The zero-order valence-corrected chi connectivity index (χ0v) is 11.4. The van der Waals surface area contributed by atoms with Crippen LogP contribution >= 0.6 is 0 Å². The predicted octanol–water partition coefficient (Wildman–Crippen LogP) is 2.51. The maximum atomic E-state index is 13.5. The first kappa shape index (κ1) is 16.0. The Labute approximate surface area is 118 Å². The third kappa shape index (κ3) is 3.26. The molecule has 1 N–H and O–H groups in total. The Morgan fingerprint density at radius 3 is 2.19 bits per heavy atom. The van der Waals surface area contributed by atoms with E-state index in [-0.39, 0.29) is 12.6 Å². The molecule has 0 aromatic heterocycles. The summed E-state index contributed by atoms with van der Waals surface area (Å²) in [6.45, 7) is 4.43. The Morgan fingerprint density at radius 2 is 1.62 bits per heavy atom. The van der Waals surface area contributed by atoms with Gasteiger partial charge in [-0.25, -0.2) is 22.0 Å². The van der Waals surface area contributed by atoms with Crippen molar-refractivity contribution < 1.29 is 26.7 Å². The molecule has 1 atom stereocenters. The standard InChI is InChI=1S/C13H15F5N2O/c1-2-20-3-4-21-7(6-20)5-19-13-11(17)9(15)8(14)10(16)12(13)18/h7,19H,2-6H2,1H3. The lowest BCUT2D eigenvalue weighted by Crippen LogP contribution is -2.45. The second-order valence-electron chi connectivity index (χ2n) is 4.71. The van der Waals surface area contributed by atoms with Crippen molar-refractivity contribution in [1.29, 1.82) is 0 Å². The number of likely N-dealkylation sites (N-methyl/N-ethyl adjacent to an activating group) is 1. The van der Waals surface area contributed by atoms with Gasteiger partial charge in [0.15, 0.2) is 23.3 Å². The summed E-state index contributed by atoms with van der Waals surface area (Å²) in [5.41, 5.74) is -1.02. The third-order valence-corrected chi connectivity index (χ3v) is 3.39. The van der Waals surface area contributed by atoms with Crippen LogP contribution in [0.5, 0.6) is 0 Å². The van der Waals surface area contributed by atoms with E-state index < -0.39 is 34.8 Å². The van der Waals surface area contributed by atoms with E-state index in [2.05, 4.69) is 10.2 Å². The van der Waals surface area contributed by atoms with Crippen molar-refractivity contribution in [3.8, 4) is 0 Å². The molecule has 1 heterocycles. The molecule has 0 bridgehead atoms. The molecule has 0 spiro atoms. The molecule has 118 valence electrons. The van der Waals surface area contributed by atoms with E-state index in [9.17, 15) is 22.0 Å². The number of benzene rings is 1. The van der Waals surface area contributed by atoms with E-state index in [0.717, 1.165) is 13.1 Å². The molecule has 1 saturated heterocycles. The van der Waals surface area contributed by atoms with Gasteiger partial charge in [-0.05, 0) is 6.54 Å². The maximum Gasteiger partial charge on any atom is 0.200 e. The van der Waals surface area contributed by atoms with Gasteiger partial charge < -0.3 is 10.1 Å². The molecule has 8 heteroatoms. The van der Waals surface area contributed by atoms with Crippen molar-refractivity contribution in [2.24, 2.45) is 0 Å². The summed E-state index contributed by atoms with van der Waals surface area (Å²) in [5, 5.41) is 2.26. The van der Waals surface area contributed by atoms with Gasteiger partial charge in [-0.1, -0.05) is 6.92 Å². The molecule has 1 fully saturated rings. The normalized spacial score (nSPS) is 19.8. The molecule has 1 aliphatic rings. The molecule has 21 heavy (non-hydrogen) atoms. The highest BCUT2D eigenvalue weighted by molar-refractivity contribution is 5.47. The van der Waals surface area contributed by atoms with Crippen LogP contribution in [0.2, 0.25) is 0 Å². The molecule has 2 rings (SSSR count). The predicted molar refractivity (Wildman–Crippen MR) is 66.6 cm³/mol. The van der Waals surface area contributed by atoms with Gasteiger partial charge in [0.2, 0.25) is 5.82 Å². The lowest BCUT2D eigenvalue weighted by Gasteiger charge is -2.32. The average molecular weight is 310 g/mol. The van der Waals surface area contributed by atoms with Crippen molar-refractivity contribution in [2.75, 3.05) is 38.1 Å². The number of hydrogen-bond acceptors (Lipinski definition) is 3. The molecule has 1 aromatic rings. The SMILES string of the molecule is CCN1CCOC(CNc2c(F)c(F)c(F)c(F)c2F)C1. The fraction of sp³-hybridized carbons (Fsp3) is 0.538. The number of halogens is 5. The highest BCUT2D eigenvalue weighted by Crippen LogP contribution is 2.27. The molecule has 0 radical (unpaired) electrons. The molecule has 1 unspecified atom stereocenters. The Kier molecular flexibility index (Phi) is 5.00. The number of morpholine rings is 1. The second-order valence-corrected chi connectivity index (χ2v) is 4.71. The molecule has 0 aliphatic carbocycles. The van der Waals surface area contributed by atoms with Crippen LogP contribution < -0.4 is 5.32 Å². The van der Waals surface area contributed by atoms with Crippen LogP contribution in [0.1, 0.15) is 6.92 Å². The Hall–Kier alpha value is -1.41. The lowest BCUT2D eigenvalue weighted by molar-refractivity contribution is -0.0192. The van der Waals surface area contributed by atoms with Gasteiger partial charge in [0.05, 0.1) is 12.7 Å². The quantitative estimate of drug-likeness (QED) is 0.525. The second kappa shape index (κ2) is 6.57. The van der Waals surface area contributed by atoms with Crippen molar-refractivity contribution >= 4 is 5.69 Å². The van der Waals surface area contributed by atoms with Gasteiger partial charge in [0.1, 0.15) is 5.69 Å². The summed E-state index contributed by atoms with van der Waals surface area (Å²) < 4.78 is 71.3. The van der Waals surface area contributed by atoms with E-state index >= 15 is 0 Å². The topological polar surface area (TPSA) is 24.5 Å². The minimum absolute atomic E-state index is 0.0468. The summed E-state index contributed by atoms with van der Waals surface area (Å²) in [5.74, 6) is -9.82. The maximum absolute atomic E-state index is 13.5. The summed E-state index contributed by atoms with van der Waals surface area (Å²) in [4.78, 5) is 2.06. The van der Waals surface area contributed by atoms with E-state index in [4.69, 9.17) is 4.74 Å². The lowest BCUT2D eigenvalue weighted by atomic mass is 10.2. The van der Waals surface area contributed by atoms with E-state index in [1.807, 2.05) is 6.92 Å². The van der Waals surface area contributed by atoms with Gasteiger partial charge in [-0.15, -0.1) is 0 Å². The van der Waals surface area contributed by atoms with Crippen LogP contribution in [0.15, 0.2) is 0 Å². The number of hydrogen-bond donors (Lipinski definition) is 1. The van der Waals surface area contributed by atoms with Gasteiger partial charge in [0, 0.05) is 19.6 Å². The van der Waals surface area contributed by atoms with E-state index in [1.165, 1.54) is 0 Å². The average Bonchev–Trinajstić information content (AvgIpc) is 2.51. The summed E-state index contributed by atoms with van der Waals surface area (Å²) in [6.07, 6.45) is -0.381. The molecule has 3 nitrogen and oxygen atoms in total. The fourth-order valence-corrected chi connectivity index (χ4v) is 2.17. The zero-order chi connectivity index (χ0) is 15.6. The Balaban J connectivity index is 2.10. The molecule has 0 amide bonds. The minimum atomic E-state index is -2.17. The molecular weight excluding hydrogens is 295 g/mol. The number of nitrogens with one attached hydrogen (secondary N) is 1. The van der Waals surface area contributed by atoms with Crippen LogP contribution in [0.4, 0.5) is 27.6 Å². The van der Waals surface area contributed by atoms with E-state index in [0.29, 0.717) is 13.2 Å². The van der Waals surface area contributed by atoms with E-state index in [1.54, 1.807) is 0 Å². The van der Waals surface area contributed by atoms with Gasteiger partial charge in [0.25, 0.3) is 0 Å². The summed E-state index contributed by atoms with van der Waals surface area (Å²) in [7, 11) is 0. The van der Waals surface area contributed by atoms with Gasteiger partial charge >= 0.3 is 0 Å². The first-order valence-electron chi connectivity index (χ1n) is 6.55. The molecule has 1 aliphatic heterocycles. The van der Waals surface area contributed by atoms with Crippen molar-refractivity contribution in [3.05, 3.63) is 29.1 Å². The first-order valence-corrected chi connectivity index (χ1v) is 6.55. The number of rotatable bonds is 4. The van der Waals surface area contributed by atoms with Crippen LogP contribution in [-0.4, -0.2) is 43.8 Å². The van der Waals surface area contributed by atoms with Crippen LogP contribution in [-0.2, 0) is 4.74 Å². The monoisotopic (exact) mass is 310 g/mol. The van der Waals surface area contributed by atoms with Crippen molar-refractivity contribution in [3.63, 3.8) is 0 Å². The highest BCUT2D eigenvalue weighted by Gasteiger charge is 2.27. The fourth-order valence-electron chi connectivity index (χ4n) is 2.17. The Morgan fingerprint density at radius 1 is 1.05 bits per heavy atom. The molecular formula is C13H15F5N2O. The smallest absolute Gasteiger partial charge is 0.200 e. The van der Waals surface area contributed by atoms with Gasteiger partial charge in [-0.3, -0.25) is 4.90 Å². The summed E-state index contributed by atoms with van der Waals surface area (Å²) in [6, 6.07) is 0. The van der Waals surface area contributed by atoms with Crippen LogP contribution in [0.3, 0.4) is 0 Å². The van der Waals surface area contributed by atoms with Crippen LogP contribution in [0.25, 0.3) is 0 Å². The summed E-state index contributed by atoms with van der Waals surface area (Å²) >= 11 is 0. The molecule has 0 saturated carbocycles. The number of anilines is 1. The highest BCUT2D eigenvalue weighted by atomic mass is 19.2. The first-order chi connectivity index (χ1) is 9.95. The molecule has 1 aromatic carbocycles. The Bertz CT molecular complexity index is 497. The van der Waals surface area contributed by atoms with Gasteiger partial charge in [-0.2, -0.15) is 0 Å². The minimum Gasteiger partial charge on any atom is -0.377 e.